The molecule has 1 N–H and O–H groups in total. The summed E-state index contributed by atoms with van der Waals surface area (Å²) in [6, 6.07) is 23.2. The molecule has 5 heteroatoms. The van der Waals surface area contributed by atoms with Gasteiger partial charge in [-0.25, -0.2) is 0 Å². The van der Waals surface area contributed by atoms with Gasteiger partial charge in [-0.2, -0.15) is 0 Å². The molecule has 0 bridgehead atoms. The van der Waals surface area contributed by atoms with Crippen molar-refractivity contribution in [2.45, 2.75) is 12.1 Å². The van der Waals surface area contributed by atoms with Crippen LogP contribution < -0.4 is 5.32 Å². The molecule has 0 saturated heterocycles. The van der Waals surface area contributed by atoms with Crippen molar-refractivity contribution in [3.05, 3.63) is 105 Å². The molecule has 0 aromatic heterocycles. The predicted octanol–water partition coefficient (Wildman–Crippen LogP) is 6.48. The molecule has 3 aromatic rings. The van der Waals surface area contributed by atoms with E-state index in [1.165, 1.54) is 0 Å². The zero-order valence-corrected chi connectivity index (χ0v) is 15.9. The normalized spacial score (nSPS) is 19.1. The number of nitrogens with zero attached hydrogens (tertiary/aromatic N) is 1. The van der Waals surface area contributed by atoms with Crippen LogP contribution in [0.1, 0.15) is 28.8 Å². The van der Waals surface area contributed by atoms with Crippen molar-refractivity contribution >= 4 is 40.6 Å². The smallest absolute Gasteiger partial charge is 0.131 e. The fraction of sp³-hybridized carbons (Fsp3) is 0.0952. The molecular formula is C21H15Cl3N2. The maximum atomic E-state index is 6.38. The number of hydrogen-bond acceptors (Lipinski definition) is 2. The summed E-state index contributed by atoms with van der Waals surface area (Å²) >= 11 is 18.5. The summed E-state index contributed by atoms with van der Waals surface area (Å²) in [4.78, 5) is 4.94. The first-order valence-electron chi connectivity index (χ1n) is 8.22. The zero-order chi connectivity index (χ0) is 18.1. The first-order valence-corrected chi connectivity index (χ1v) is 9.35. The second-order valence-electron chi connectivity index (χ2n) is 6.13. The Balaban J connectivity index is 1.77. The van der Waals surface area contributed by atoms with Crippen LogP contribution in [0.25, 0.3) is 0 Å². The molecule has 0 amide bonds. The molecule has 130 valence electrons. The molecule has 0 fully saturated rings. The SMILES string of the molecule is Clc1ccc(C2N=C(c3ccccc3Cl)NC2c2ccc(Cl)cc2)cc1. The lowest BCUT2D eigenvalue weighted by atomic mass is 9.95. The fourth-order valence-electron chi connectivity index (χ4n) is 3.14. The van der Waals surface area contributed by atoms with Gasteiger partial charge in [0.15, 0.2) is 0 Å². The standard InChI is InChI=1S/C21H15Cl3N2/c22-15-9-5-13(6-10-15)19-20(14-7-11-16(23)12-8-14)26-21(25-19)17-3-1-2-4-18(17)24/h1-12,19-20H,(H,25,26). The average Bonchev–Trinajstić information content (AvgIpc) is 3.08. The molecule has 0 spiro atoms. The van der Waals surface area contributed by atoms with Crippen molar-refractivity contribution < 1.29 is 0 Å². The third-order valence-electron chi connectivity index (χ3n) is 4.45. The highest BCUT2D eigenvalue weighted by atomic mass is 35.5. The summed E-state index contributed by atoms with van der Waals surface area (Å²) in [6.07, 6.45) is 0. The highest BCUT2D eigenvalue weighted by Gasteiger charge is 2.32. The molecule has 4 rings (SSSR count). The summed E-state index contributed by atoms with van der Waals surface area (Å²) in [5, 5.41) is 5.62. The van der Waals surface area contributed by atoms with Gasteiger partial charge < -0.3 is 5.32 Å². The van der Waals surface area contributed by atoms with E-state index < -0.39 is 0 Å². The Morgan fingerprint density at radius 2 is 1.27 bits per heavy atom. The minimum atomic E-state index is -0.0836. The topological polar surface area (TPSA) is 24.4 Å². The third-order valence-corrected chi connectivity index (χ3v) is 5.28. The Labute approximate surface area is 167 Å². The van der Waals surface area contributed by atoms with Gasteiger partial charge in [0.05, 0.1) is 11.1 Å². The molecule has 1 aliphatic rings. The van der Waals surface area contributed by atoms with Crippen LogP contribution in [0.2, 0.25) is 15.1 Å². The molecule has 3 aromatic carbocycles. The molecule has 1 aliphatic heterocycles. The van der Waals surface area contributed by atoms with Gasteiger partial charge in [0.1, 0.15) is 11.9 Å². The van der Waals surface area contributed by atoms with Crippen molar-refractivity contribution in [3.63, 3.8) is 0 Å². The Morgan fingerprint density at radius 1 is 0.692 bits per heavy atom. The lowest BCUT2D eigenvalue weighted by Crippen LogP contribution is -2.25. The number of halogens is 3. The van der Waals surface area contributed by atoms with E-state index in [9.17, 15) is 0 Å². The Kier molecular flexibility index (Phi) is 4.90. The Morgan fingerprint density at radius 3 is 1.88 bits per heavy atom. The number of benzene rings is 3. The van der Waals surface area contributed by atoms with Crippen LogP contribution >= 0.6 is 34.8 Å². The molecule has 0 aliphatic carbocycles. The quantitative estimate of drug-likeness (QED) is 0.533. The van der Waals surface area contributed by atoms with E-state index >= 15 is 0 Å². The van der Waals surface area contributed by atoms with Gasteiger partial charge in [-0.3, -0.25) is 4.99 Å². The molecule has 2 unspecified atom stereocenters. The van der Waals surface area contributed by atoms with Gasteiger partial charge in [0.25, 0.3) is 0 Å². The van der Waals surface area contributed by atoms with E-state index in [2.05, 4.69) is 5.32 Å². The summed E-state index contributed by atoms with van der Waals surface area (Å²) in [5.41, 5.74) is 3.09. The maximum absolute atomic E-state index is 6.38. The van der Waals surface area contributed by atoms with Crippen molar-refractivity contribution in [1.29, 1.82) is 0 Å². The van der Waals surface area contributed by atoms with Crippen LogP contribution in [0, 0.1) is 0 Å². The summed E-state index contributed by atoms with van der Waals surface area (Å²) in [6.45, 7) is 0. The molecule has 26 heavy (non-hydrogen) atoms. The minimum Gasteiger partial charge on any atom is -0.360 e. The first kappa shape index (κ1) is 17.4. The number of rotatable bonds is 3. The van der Waals surface area contributed by atoms with Gasteiger partial charge in [-0.15, -0.1) is 0 Å². The second-order valence-corrected chi connectivity index (χ2v) is 7.41. The Hall–Kier alpha value is -2.00. The number of hydrogen-bond donors (Lipinski definition) is 1. The van der Waals surface area contributed by atoms with Gasteiger partial charge in [0, 0.05) is 15.6 Å². The van der Waals surface area contributed by atoms with Crippen molar-refractivity contribution in [2.75, 3.05) is 0 Å². The molecule has 2 nitrogen and oxygen atoms in total. The number of nitrogens with one attached hydrogen (secondary N) is 1. The van der Waals surface area contributed by atoms with Crippen LogP contribution in [-0.4, -0.2) is 5.84 Å². The summed E-state index contributed by atoms with van der Waals surface area (Å²) < 4.78 is 0. The van der Waals surface area contributed by atoms with Gasteiger partial charge in [-0.05, 0) is 47.5 Å². The Bertz CT molecular complexity index is 950. The zero-order valence-electron chi connectivity index (χ0n) is 13.7. The van der Waals surface area contributed by atoms with Gasteiger partial charge in [-0.1, -0.05) is 71.2 Å². The van der Waals surface area contributed by atoms with E-state index in [0.29, 0.717) is 15.1 Å². The minimum absolute atomic E-state index is 0.0142. The van der Waals surface area contributed by atoms with Crippen molar-refractivity contribution in [1.82, 2.24) is 5.32 Å². The largest absolute Gasteiger partial charge is 0.360 e. The van der Waals surface area contributed by atoms with Crippen molar-refractivity contribution in [3.8, 4) is 0 Å². The van der Waals surface area contributed by atoms with E-state index in [4.69, 9.17) is 39.8 Å². The van der Waals surface area contributed by atoms with E-state index in [1.54, 1.807) is 0 Å². The molecule has 0 radical (unpaired) electrons. The molecule has 2 atom stereocenters. The second kappa shape index (κ2) is 7.32. The highest BCUT2D eigenvalue weighted by Crippen LogP contribution is 2.38. The predicted molar refractivity (Wildman–Crippen MR) is 110 cm³/mol. The van der Waals surface area contributed by atoms with Crippen LogP contribution in [0.5, 0.6) is 0 Å². The van der Waals surface area contributed by atoms with Crippen molar-refractivity contribution in [2.24, 2.45) is 4.99 Å². The van der Waals surface area contributed by atoms with Gasteiger partial charge in [0.2, 0.25) is 0 Å². The number of aliphatic imine (C=N–C) groups is 1. The monoisotopic (exact) mass is 400 g/mol. The van der Waals surface area contributed by atoms with Crippen LogP contribution in [0.15, 0.2) is 77.8 Å². The first-order chi connectivity index (χ1) is 12.6. The van der Waals surface area contributed by atoms with Crippen LogP contribution in [-0.2, 0) is 0 Å². The van der Waals surface area contributed by atoms with E-state index in [1.807, 2.05) is 72.8 Å². The van der Waals surface area contributed by atoms with Gasteiger partial charge >= 0.3 is 0 Å². The third kappa shape index (κ3) is 3.45. The summed E-state index contributed by atoms with van der Waals surface area (Å²) in [7, 11) is 0. The lowest BCUT2D eigenvalue weighted by Gasteiger charge is -2.20. The van der Waals surface area contributed by atoms with Crippen LogP contribution in [0.4, 0.5) is 0 Å². The maximum Gasteiger partial charge on any atom is 0.131 e. The molecule has 1 heterocycles. The molecular weight excluding hydrogens is 387 g/mol. The fourth-order valence-corrected chi connectivity index (χ4v) is 3.62. The molecule has 0 saturated carbocycles. The van der Waals surface area contributed by atoms with E-state index in [-0.39, 0.29) is 12.1 Å². The van der Waals surface area contributed by atoms with Crippen LogP contribution in [0.3, 0.4) is 0 Å². The highest BCUT2D eigenvalue weighted by molar-refractivity contribution is 6.34. The van der Waals surface area contributed by atoms with E-state index in [0.717, 1.165) is 22.5 Å². The number of amidine groups is 1. The average molecular weight is 402 g/mol. The lowest BCUT2D eigenvalue weighted by molar-refractivity contribution is 0.572. The summed E-state index contributed by atoms with van der Waals surface area (Å²) in [5.74, 6) is 0.788.